The number of benzene rings is 1. The highest BCUT2D eigenvalue weighted by Gasteiger charge is 2.31. The van der Waals surface area contributed by atoms with Crippen molar-refractivity contribution in [2.24, 2.45) is 0 Å². The van der Waals surface area contributed by atoms with Crippen LogP contribution in [0.25, 0.3) is 0 Å². The molecule has 1 aromatic carbocycles. The van der Waals surface area contributed by atoms with Crippen molar-refractivity contribution in [1.29, 1.82) is 0 Å². The Labute approximate surface area is 126 Å². The van der Waals surface area contributed by atoms with Crippen LogP contribution < -0.4 is 0 Å². The summed E-state index contributed by atoms with van der Waals surface area (Å²) < 4.78 is 16.5. The molecule has 0 bridgehead atoms. The normalized spacial score (nSPS) is 21.6. The molecule has 3 nitrogen and oxygen atoms in total. The van der Waals surface area contributed by atoms with Crippen LogP contribution in [-0.2, 0) is 14.2 Å². The number of thioether (sulfide) groups is 1. The first-order chi connectivity index (χ1) is 9.54. The topological polar surface area (TPSA) is 27.7 Å². The molecule has 1 aliphatic rings. The fourth-order valence-corrected chi connectivity index (χ4v) is 3.42. The van der Waals surface area contributed by atoms with Gasteiger partial charge in [0, 0.05) is 30.4 Å². The van der Waals surface area contributed by atoms with Gasteiger partial charge in [-0.3, -0.25) is 0 Å². The van der Waals surface area contributed by atoms with Gasteiger partial charge in [0.15, 0.2) is 6.29 Å². The van der Waals surface area contributed by atoms with Crippen LogP contribution in [0, 0.1) is 0 Å². The Hall–Kier alpha value is -0.550. The van der Waals surface area contributed by atoms with Crippen LogP contribution in [0.15, 0.2) is 29.2 Å². The Balaban J connectivity index is 1.85. The zero-order valence-corrected chi connectivity index (χ0v) is 13.5. The van der Waals surface area contributed by atoms with E-state index in [0.717, 1.165) is 24.2 Å². The van der Waals surface area contributed by atoms with Crippen LogP contribution in [0.1, 0.15) is 38.5 Å². The highest BCUT2D eigenvalue weighted by molar-refractivity contribution is 7.99. The molecule has 0 saturated carbocycles. The third kappa shape index (κ3) is 4.22. The van der Waals surface area contributed by atoms with E-state index in [0.29, 0.717) is 6.10 Å². The summed E-state index contributed by atoms with van der Waals surface area (Å²) >= 11 is 1.85. The zero-order valence-electron chi connectivity index (χ0n) is 12.7. The molecule has 1 atom stereocenters. The number of rotatable bonds is 6. The van der Waals surface area contributed by atoms with E-state index in [4.69, 9.17) is 14.2 Å². The average Bonchev–Trinajstić information content (AvgIpc) is 2.79. The fraction of sp³-hybridized carbons (Fsp3) is 0.625. The van der Waals surface area contributed by atoms with Crippen molar-refractivity contribution in [3.8, 4) is 0 Å². The van der Waals surface area contributed by atoms with E-state index in [1.54, 1.807) is 14.2 Å². The van der Waals surface area contributed by atoms with Gasteiger partial charge >= 0.3 is 0 Å². The van der Waals surface area contributed by atoms with Crippen molar-refractivity contribution in [1.82, 2.24) is 0 Å². The maximum absolute atomic E-state index is 6.01. The van der Waals surface area contributed by atoms with Crippen molar-refractivity contribution in [3.05, 3.63) is 29.8 Å². The lowest BCUT2D eigenvalue weighted by Crippen LogP contribution is -2.20. The standard InChI is InChI=1S/C16H24O3S/c1-16(2)10-9-13(19-16)11-20-14-7-5-12(6-8-14)15(17-3)18-4/h5-8,13,15H,9-11H2,1-4H3. The molecule has 2 rings (SSSR count). The van der Waals surface area contributed by atoms with E-state index in [9.17, 15) is 0 Å². The maximum Gasteiger partial charge on any atom is 0.183 e. The highest BCUT2D eigenvalue weighted by atomic mass is 32.2. The predicted octanol–water partition coefficient (Wildman–Crippen LogP) is 4.03. The van der Waals surface area contributed by atoms with Crippen LogP contribution in [0.3, 0.4) is 0 Å². The molecule has 0 N–H and O–H groups in total. The monoisotopic (exact) mass is 296 g/mol. The fourth-order valence-electron chi connectivity index (χ4n) is 2.47. The summed E-state index contributed by atoms with van der Waals surface area (Å²) in [6, 6.07) is 8.34. The van der Waals surface area contributed by atoms with Crippen LogP contribution in [0.2, 0.25) is 0 Å². The molecule has 1 aliphatic heterocycles. The predicted molar refractivity (Wildman–Crippen MR) is 82.1 cm³/mol. The molecule has 4 heteroatoms. The Morgan fingerprint density at radius 1 is 1.25 bits per heavy atom. The molecule has 112 valence electrons. The minimum Gasteiger partial charge on any atom is -0.371 e. The Bertz CT molecular complexity index is 412. The minimum absolute atomic E-state index is 0.0548. The summed E-state index contributed by atoms with van der Waals surface area (Å²) in [6.07, 6.45) is 2.40. The van der Waals surface area contributed by atoms with E-state index < -0.39 is 0 Å². The summed E-state index contributed by atoms with van der Waals surface area (Å²) in [5, 5.41) is 0. The molecule has 0 aromatic heterocycles. The average molecular weight is 296 g/mol. The summed E-state index contributed by atoms with van der Waals surface area (Å²) in [7, 11) is 3.30. The molecule has 0 radical (unpaired) electrons. The second-order valence-corrected chi connectivity index (χ2v) is 6.82. The molecular formula is C16H24O3S. The summed E-state index contributed by atoms with van der Waals surface area (Å²) in [4.78, 5) is 1.26. The highest BCUT2D eigenvalue weighted by Crippen LogP contribution is 2.33. The molecule has 1 fully saturated rings. The van der Waals surface area contributed by atoms with Gasteiger partial charge in [-0.2, -0.15) is 0 Å². The van der Waals surface area contributed by atoms with E-state index >= 15 is 0 Å². The summed E-state index contributed by atoms with van der Waals surface area (Å²) in [6.45, 7) is 4.34. The smallest absolute Gasteiger partial charge is 0.183 e. The van der Waals surface area contributed by atoms with Crippen molar-refractivity contribution in [3.63, 3.8) is 0 Å². The summed E-state index contributed by atoms with van der Waals surface area (Å²) in [5.41, 5.74) is 1.09. The van der Waals surface area contributed by atoms with Gasteiger partial charge in [0.05, 0.1) is 11.7 Å². The van der Waals surface area contributed by atoms with Crippen molar-refractivity contribution in [2.45, 2.75) is 49.6 Å². The minimum atomic E-state index is -0.284. The Kier molecular flexibility index (Phi) is 5.49. The van der Waals surface area contributed by atoms with Crippen molar-refractivity contribution >= 4 is 11.8 Å². The second-order valence-electron chi connectivity index (χ2n) is 5.72. The van der Waals surface area contributed by atoms with Gasteiger partial charge in [0.25, 0.3) is 0 Å². The molecule has 1 aromatic rings. The van der Waals surface area contributed by atoms with Crippen LogP contribution >= 0.6 is 11.8 Å². The molecule has 1 heterocycles. The third-order valence-corrected chi connectivity index (χ3v) is 4.71. The molecule has 20 heavy (non-hydrogen) atoms. The molecule has 0 amide bonds. The van der Waals surface area contributed by atoms with E-state index in [-0.39, 0.29) is 11.9 Å². The van der Waals surface area contributed by atoms with Gasteiger partial charge in [-0.05, 0) is 38.8 Å². The quantitative estimate of drug-likeness (QED) is 0.585. The molecule has 0 spiro atoms. The lowest BCUT2D eigenvalue weighted by molar-refractivity contribution is -0.106. The Morgan fingerprint density at radius 2 is 1.90 bits per heavy atom. The lowest BCUT2D eigenvalue weighted by atomic mass is 10.1. The van der Waals surface area contributed by atoms with Crippen LogP contribution in [-0.4, -0.2) is 31.7 Å². The first-order valence-corrected chi connectivity index (χ1v) is 7.99. The SMILES string of the molecule is COC(OC)c1ccc(SCC2CCC(C)(C)O2)cc1. The van der Waals surface area contributed by atoms with Gasteiger partial charge < -0.3 is 14.2 Å². The first-order valence-electron chi connectivity index (χ1n) is 7.00. The van der Waals surface area contributed by atoms with Crippen molar-refractivity contribution < 1.29 is 14.2 Å². The second kappa shape index (κ2) is 6.94. The van der Waals surface area contributed by atoms with Gasteiger partial charge in [-0.15, -0.1) is 11.8 Å². The number of ether oxygens (including phenoxy) is 3. The van der Waals surface area contributed by atoms with Crippen LogP contribution in [0.4, 0.5) is 0 Å². The van der Waals surface area contributed by atoms with E-state index in [2.05, 4.69) is 38.1 Å². The summed E-state index contributed by atoms with van der Waals surface area (Å²) in [5.74, 6) is 1.01. The lowest BCUT2D eigenvalue weighted by Gasteiger charge is -2.19. The molecule has 1 saturated heterocycles. The largest absolute Gasteiger partial charge is 0.371 e. The van der Waals surface area contributed by atoms with E-state index in [1.165, 1.54) is 4.90 Å². The van der Waals surface area contributed by atoms with Gasteiger partial charge in [-0.25, -0.2) is 0 Å². The molecule has 0 aliphatic carbocycles. The number of hydrogen-bond donors (Lipinski definition) is 0. The van der Waals surface area contributed by atoms with E-state index in [1.807, 2.05) is 11.8 Å². The first kappa shape index (κ1) is 15.8. The zero-order chi connectivity index (χ0) is 14.6. The molecular weight excluding hydrogens is 272 g/mol. The number of hydrogen-bond acceptors (Lipinski definition) is 4. The maximum atomic E-state index is 6.01. The van der Waals surface area contributed by atoms with Gasteiger partial charge in [-0.1, -0.05) is 12.1 Å². The third-order valence-electron chi connectivity index (χ3n) is 3.57. The van der Waals surface area contributed by atoms with Gasteiger partial charge in [0.1, 0.15) is 0 Å². The van der Waals surface area contributed by atoms with Gasteiger partial charge in [0.2, 0.25) is 0 Å². The Morgan fingerprint density at radius 3 is 2.40 bits per heavy atom. The molecule has 1 unspecified atom stereocenters. The van der Waals surface area contributed by atoms with Crippen molar-refractivity contribution in [2.75, 3.05) is 20.0 Å². The van der Waals surface area contributed by atoms with Crippen LogP contribution in [0.5, 0.6) is 0 Å². The number of methoxy groups -OCH3 is 2.